The molecule has 0 aliphatic heterocycles. The van der Waals surface area contributed by atoms with Crippen LogP contribution in [0.2, 0.25) is 0 Å². The van der Waals surface area contributed by atoms with Crippen LogP contribution in [0.1, 0.15) is 22.3 Å². The van der Waals surface area contributed by atoms with E-state index in [1.807, 2.05) is 0 Å². The second kappa shape index (κ2) is 4.34. The Bertz CT molecular complexity index is 469. The molecule has 0 saturated heterocycles. The van der Waals surface area contributed by atoms with E-state index in [9.17, 15) is 27.9 Å². The van der Waals surface area contributed by atoms with E-state index < -0.39 is 46.8 Å². The summed E-state index contributed by atoms with van der Waals surface area (Å²) in [6, 6.07) is 0.199. The molecule has 16 heavy (non-hydrogen) atoms. The van der Waals surface area contributed by atoms with Crippen molar-refractivity contribution in [2.75, 3.05) is 0 Å². The summed E-state index contributed by atoms with van der Waals surface area (Å²) < 4.78 is 38.9. The van der Waals surface area contributed by atoms with Crippen molar-refractivity contribution in [1.82, 2.24) is 0 Å². The van der Waals surface area contributed by atoms with Crippen molar-refractivity contribution < 1.29 is 27.9 Å². The normalized spacial score (nSPS) is 10.2. The lowest BCUT2D eigenvalue weighted by atomic mass is 10.0. The maximum Gasteiger partial charge on any atom is 0.171 e. The molecule has 6 heteroatoms. The summed E-state index contributed by atoms with van der Waals surface area (Å²) in [5.41, 5.74) is -1.31. The Hall–Kier alpha value is -1.85. The lowest BCUT2D eigenvalue weighted by Gasteiger charge is -2.08. The average Bonchev–Trinajstić information content (AvgIpc) is 2.13. The highest BCUT2D eigenvalue weighted by molar-refractivity contribution is 6.06. The topological polar surface area (TPSA) is 57.2 Å². The molecule has 0 aromatic heterocycles. The number of carboxylic acids is 1. The van der Waals surface area contributed by atoms with Gasteiger partial charge in [0.1, 0.15) is 5.82 Å². The quantitative estimate of drug-likeness (QED) is 0.438. The third-order valence-corrected chi connectivity index (χ3v) is 1.99. The third kappa shape index (κ3) is 2.21. The Morgan fingerprint density at radius 2 is 1.81 bits per heavy atom. The van der Waals surface area contributed by atoms with Gasteiger partial charge in [-0.15, -0.1) is 0 Å². The van der Waals surface area contributed by atoms with Crippen molar-refractivity contribution in [1.29, 1.82) is 0 Å². The van der Waals surface area contributed by atoms with Gasteiger partial charge in [-0.25, -0.2) is 13.2 Å². The van der Waals surface area contributed by atoms with Crippen LogP contribution in [0.3, 0.4) is 0 Å². The van der Waals surface area contributed by atoms with E-state index in [-0.39, 0.29) is 6.07 Å². The summed E-state index contributed by atoms with van der Waals surface area (Å²) in [5.74, 6) is -6.96. The summed E-state index contributed by atoms with van der Waals surface area (Å²) in [7, 11) is 0. The number of rotatable bonds is 3. The Morgan fingerprint density at radius 3 is 2.31 bits per heavy atom. The second-order valence-corrected chi connectivity index (χ2v) is 3.13. The highest BCUT2D eigenvalue weighted by Crippen LogP contribution is 2.20. The number of aliphatic carboxylic acids is 1. The van der Waals surface area contributed by atoms with Gasteiger partial charge in [-0.2, -0.15) is 0 Å². The van der Waals surface area contributed by atoms with E-state index in [1.54, 1.807) is 0 Å². The molecule has 0 radical (unpaired) electrons. The number of carbonyl (C=O) groups is 2. The average molecular weight is 231 g/mol. The fourth-order valence-electron chi connectivity index (χ4n) is 1.28. The fourth-order valence-corrected chi connectivity index (χ4v) is 1.28. The third-order valence-electron chi connectivity index (χ3n) is 1.99. The molecular formula is C10H6F3O3-. The van der Waals surface area contributed by atoms with Crippen LogP contribution in [0.15, 0.2) is 6.07 Å². The van der Waals surface area contributed by atoms with E-state index in [2.05, 4.69) is 0 Å². The van der Waals surface area contributed by atoms with Crippen LogP contribution in [0.25, 0.3) is 0 Å². The zero-order valence-electron chi connectivity index (χ0n) is 8.14. The maximum absolute atomic E-state index is 13.2. The Kier molecular flexibility index (Phi) is 3.31. The molecule has 0 bridgehead atoms. The minimum atomic E-state index is -1.71. The van der Waals surface area contributed by atoms with Gasteiger partial charge in [0.2, 0.25) is 0 Å². The zero-order chi connectivity index (χ0) is 12.5. The van der Waals surface area contributed by atoms with Crippen molar-refractivity contribution in [3.8, 4) is 0 Å². The molecule has 1 aromatic carbocycles. The first-order valence-electron chi connectivity index (χ1n) is 4.21. The first kappa shape index (κ1) is 12.2. The van der Waals surface area contributed by atoms with E-state index in [1.165, 1.54) is 0 Å². The number of hydrogen-bond acceptors (Lipinski definition) is 3. The molecule has 0 heterocycles. The van der Waals surface area contributed by atoms with Gasteiger partial charge in [-0.05, 0) is 6.92 Å². The zero-order valence-corrected chi connectivity index (χ0v) is 8.14. The van der Waals surface area contributed by atoms with Crippen LogP contribution in [0.4, 0.5) is 13.2 Å². The van der Waals surface area contributed by atoms with Crippen LogP contribution in [0, 0.1) is 24.4 Å². The lowest BCUT2D eigenvalue weighted by molar-refractivity contribution is -0.304. The maximum atomic E-state index is 13.2. The molecule has 3 nitrogen and oxygen atoms in total. The Balaban J connectivity index is 3.29. The van der Waals surface area contributed by atoms with Crippen LogP contribution < -0.4 is 5.11 Å². The predicted octanol–water partition coefficient (Wildman–Crippen LogP) is 0.735. The van der Waals surface area contributed by atoms with E-state index in [0.29, 0.717) is 0 Å². The number of ketones is 1. The molecule has 1 rings (SSSR count). The largest absolute Gasteiger partial charge is 0.550 e. The van der Waals surface area contributed by atoms with Gasteiger partial charge in [-0.3, -0.25) is 4.79 Å². The predicted molar refractivity (Wildman–Crippen MR) is 45.0 cm³/mol. The number of carbonyl (C=O) groups excluding carboxylic acids is 2. The van der Waals surface area contributed by atoms with Gasteiger partial charge in [0, 0.05) is 17.6 Å². The summed E-state index contributed by atoms with van der Waals surface area (Å²) >= 11 is 0. The van der Waals surface area contributed by atoms with Crippen molar-refractivity contribution in [3.05, 3.63) is 34.6 Å². The molecule has 0 aliphatic carbocycles. The van der Waals surface area contributed by atoms with Crippen molar-refractivity contribution in [3.63, 3.8) is 0 Å². The Labute approximate surface area is 88.5 Å². The minimum Gasteiger partial charge on any atom is -0.550 e. The summed E-state index contributed by atoms with van der Waals surface area (Å²) in [6.07, 6.45) is -1.08. The Morgan fingerprint density at radius 1 is 1.25 bits per heavy atom. The number of hydrogen-bond donors (Lipinski definition) is 0. The summed E-state index contributed by atoms with van der Waals surface area (Å²) in [4.78, 5) is 21.3. The van der Waals surface area contributed by atoms with E-state index in [4.69, 9.17) is 0 Å². The molecule has 0 aliphatic rings. The number of benzene rings is 1. The molecule has 86 valence electrons. The first-order valence-corrected chi connectivity index (χ1v) is 4.21. The van der Waals surface area contributed by atoms with Gasteiger partial charge in [0.05, 0.1) is 12.0 Å². The number of carboxylic acid groups (broad SMARTS) is 1. The smallest absolute Gasteiger partial charge is 0.171 e. The lowest BCUT2D eigenvalue weighted by Crippen LogP contribution is -2.26. The second-order valence-electron chi connectivity index (χ2n) is 3.13. The summed E-state index contributed by atoms with van der Waals surface area (Å²) in [5, 5.41) is 10.1. The van der Waals surface area contributed by atoms with Crippen LogP contribution in [-0.4, -0.2) is 11.8 Å². The van der Waals surface area contributed by atoms with E-state index in [0.717, 1.165) is 6.92 Å². The monoisotopic (exact) mass is 231 g/mol. The molecule has 0 spiro atoms. The standard InChI is InChI=1S/C10H7F3O3/c1-4-9(7(14)3-8(15)16)5(11)2-6(12)10(4)13/h2H,3H2,1H3,(H,15,16)/p-1. The first-order chi connectivity index (χ1) is 7.34. The minimum absolute atomic E-state index is 0.199. The van der Waals surface area contributed by atoms with Crippen LogP contribution in [0.5, 0.6) is 0 Å². The molecule has 0 amide bonds. The SMILES string of the molecule is Cc1c(F)c(F)cc(F)c1C(=O)CC(=O)[O-]. The van der Waals surface area contributed by atoms with Gasteiger partial charge >= 0.3 is 0 Å². The van der Waals surface area contributed by atoms with Gasteiger partial charge in [-0.1, -0.05) is 0 Å². The molecular weight excluding hydrogens is 225 g/mol. The molecule has 0 N–H and O–H groups in total. The van der Waals surface area contributed by atoms with Crippen LogP contribution >= 0.6 is 0 Å². The number of halogens is 3. The highest BCUT2D eigenvalue weighted by Gasteiger charge is 2.20. The fraction of sp³-hybridized carbons (Fsp3) is 0.200. The molecule has 0 unspecified atom stereocenters. The van der Waals surface area contributed by atoms with E-state index >= 15 is 0 Å². The van der Waals surface area contributed by atoms with Gasteiger partial charge < -0.3 is 9.90 Å². The van der Waals surface area contributed by atoms with Crippen molar-refractivity contribution in [2.45, 2.75) is 13.3 Å². The molecule has 0 atom stereocenters. The number of Topliss-reactive ketones (excluding diaryl/α,β-unsaturated/α-hetero) is 1. The van der Waals surface area contributed by atoms with Gasteiger partial charge in [0.25, 0.3) is 0 Å². The molecule has 0 saturated carbocycles. The van der Waals surface area contributed by atoms with Crippen molar-refractivity contribution in [2.24, 2.45) is 0 Å². The molecule has 0 fully saturated rings. The summed E-state index contributed by atoms with van der Waals surface area (Å²) in [6.45, 7) is 0.990. The van der Waals surface area contributed by atoms with Crippen LogP contribution in [-0.2, 0) is 4.79 Å². The van der Waals surface area contributed by atoms with Crippen molar-refractivity contribution >= 4 is 11.8 Å². The molecule has 1 aromatic rings. The highest BCUT2D eigenvalue weighted by atomic mass is 19.2. The van der Waals surface area contributed by atoms with Gasteiger partial charge in [0.15, 0.2) is 17.4 Å².